The van der Waals surface area contributed by atoms with Crippen LogP contribution < -0.4 is 10.6 Å². The number of alkyl carbamates (subject to hydrolysis) is 1. The second-order valence-electron chi connectivity index (χ2n) is 10.4. The maximum absolute atomic E-state index is 13.8. The second-order valence-corrected chi connectivity index (χ2v) is 11.4. The first-order valence-corrected chi connectivity index (χ1v) is 13.8. The van der Waals surface area contributed by atoms with Crippen LogP contribution in [0.15, 0.2) is 73.1 Å². The number of aromatic nitrogens is 2. The van der Waals surface area contributed by atoms with Crippen LogP contribution in [0.1, 0.15) is 32.4 Å². The maximum Gasteiger partial charge on any atom is 0.408 e. The lowest BCUT2D eigenvalue weighted by Crippen LogP contribution is -2.57. The zero-order valence-electron chi connectivity index (χ0n) is 22.5. The molecular weight excluding hydrogens is 530 g/mol. The minimum Gasteiger partial charge on any atom is -0.444 e. The number of benzene rings is 2. The molecule has 3 heterocycles. The molecule has 10 nitrogen and oxygen atoms in total. The maximum atomic E-state index is 13.8. The molecule has 11 heteroatoms. The largest absolute Gasteiger partial charge is 0.444 e. The van der Waals surface area contributed by atoms with Gasteiger partial charge in [0.05, 0.1) is 24.3 Å². The summed E-state index contributed by atoms with van der Waals surface area (Å²) in [6, 6.07) is 16.9. The zero-order chi connectivity index (χ0) is 28.3. The molecule has 208 valence electrons. The van der Waals surface area contributed by atoms with Gasteiger partial charge < -0.3 is 25.0 Å². The number of nitrogens with one attached hydrogen (secondary N) is 2. The van der Waals surface area contributed by atoms with Crippen molar-refractivity contribution in [1.29, 1.82) is 0 Å². The number of thiazole rings is 1. The molecule has 0 aliphatic carbocycles. The summed E-state index contributed by atoms with van der Waals surface area (Å²) >= 11 is 1.51. The first kappa shape index (κ1) is 27.4. The van der Waals surface area contributed by atoms with Crippen LogP contribution in [-0.2, 0) is 19.1 Å². The fourth-order valence-corrected chi connectivity index (χ4v) is 5.38. The molecule has 2 aromatic carbocycles. The number of carbonyl (C=O) groups is 3. The number of morpholine rings is 1. The van der Waals surface area contributed by atoms with Crippen molar-refractivity contribution in [2.24, 2.45) is 0 Å². The summed E-state index contributed by atoms with van der Waals surface area (Å²) in [6.45, 7) is 5.72. The average Bonchev–Trinajstić information content (AvgIpc) is 3.50. The SMILES string of the molecule is CC(C)(C)OC(=O)NC(C(=O)N1CCOCC1C(=O)Nc1cn2cc(-c3ccccc3)sc2n1)c1ccccc1. The van der Waals surface area contributed by atoms with Crippen LogP contribution in [0.2, 0.25) is 0 Å². The molecule has 5 rings (SSSR count). The Bertz CT molecular complexity index is 1460. The van der Waals surface area contributed by atoms with E-state index in [0.29, 0.717) is 11.4 Å². The van der Waals surface area contributed by atoms with Gasteiger partial charge >= 0.3 is 6.09 Å². The number of hydrogen-bond donors (Lipinski definition) is 2. The number of anilines is 1. The molecule has 0 radical (unpaired) electrons. The molecule has 2 atom stereocenters. The Morgan fingerprint density at radius 1 is 1.05 bits per heavy atom. The molecule has 0 spiro atoms. The summed E-state index contributed by atoms with van der Waals surface area (Å²) in [5, 5.41) is 5.52. The highest BCUT2D eigenvalue weighted by Crippen LogP contribution is 2.29. The lowest BCUT2D eigenvalue weighted by atomic mass is 10.0. The van der Waals surface area contributed by atoms with E-state index in [9.17, 15) is 14.4 Å². The molecule has 1 aliphatic rings. The molecule has 0 bridgehead atoms. The van der Waals surface area contributed by atoms with E-state index >= 15 is 0 Å². The van der Waals surface area contributed by atoms with Crippen LogP contribution in [0.3, 0.4) is 0 Å². The highest BCUT2D eigenvalue weighted by molar-refractivity contribution is 7.20. The van der Waals surface area contributed by atoms with Crippen LogP contribution in [0.4, 0.5) is 10.6 Å². The third kappa shape index (κ3) is 6.32. The Hall–Kier alpha value is -4.22. The predicted molar refractivity (Wildman–Crippen MR) is 152 cm³/mol. The number of amides is 3. The Morgan fingerprint density at radius 2 is 1.75 bits per heavy atom. The summed E-state index contributed by atoms with van der Waals surface area (Å²) < 4.78 is 12.8. The minimum absolute atomic E-state index is 0.0197. The van der Waals surface area contributed by atoms with Crippen molar-refractivity contribution in [2.45, 2.75) is 38.5 Å². The smallest absolute Gasteiger partial charge is 0.408 e. The van der Waals surface area contributed by atoms with Crippen molar-refractivity contribution in [3.05, 3.63) is 78.6 Å². The van der Waals surface area contributed by atoms with Gasteiger partial charge in [-0.05, 0) is 31.9 Å². The van der Waals surface area contributed by atoms with Crippen molar-refractivity contribution in [3.8, 4) is 10.4 Å². The Balaban J connectivity index is 1.33. The topological polar surface area (TPSA) is 114 Å². The number of ether oxygens (including phenoxy) is 2. The van der Waals surface area contributed by atoms with Gasteiger partial charge in [-0.3, -0.25) is 14.0 Å². The minimum atomic E-state index is -1.04. The normalized spacial score (nSPS) is 16.4. The number of carbonyl (C=O) groups excluding carboxylic acids is 3. The molecule has 1 aliphatic heterocycles. The molecule has 0 saturated carbocycles. The first-order valence-electron chi connectivity index (χ1n) is 13.0. The van der Waals surface area contributed by atoms with Gasteiger partial charge in [-0.2, -0.15) is 0 Å². The Labute approximate surface area is 235 Å². The fourth-order valence-electron chi connectivity index (χ4n) is 4.41. The highest BCUT2D eigenvalue weighted by atomic mass is 32.1. The Kier molecular flexibility index (Phi) is 7.85. The van der Waals surface area contributed by atoms with E-state index in [1.165, 1.54) is 16.2 Å². The molecule has 3 amide bonds. The summed E-state index contributed by atoms with van der Waals surface area (Å²) in [6.07, 6.45) is 2.98. The van der Waals surface area contributed by atoms with Crippen LogP contribution >= 0.6 is 11.3 Å². The monoisotopic (exact) mass is 561 g/mol. The van der Waals surface area contributed by atoms with Gasteiger partial charge in [-0.15, -0.1) is 0 Å². The number of rotatable bonds is 6. The van der Waals surface area contributed by atoms with Crippen molar-refractivity contribution >= 4 is 40.0 Å². The number of nitrogens with zero attached hydrogens (tertiary/aromatic N) is 3. The molecule has 1 fully saturated rings. The highest BCUT2D eigenvalue weighted by Gasteiger charge is 2.38. The van der Waals surface area contributed by atoms with Crippen LogP contribution in [0, 0.1) is 0 Å². The van der Waals surface area contributed by atoms with E-state index in [0.717, 1.165) is 15.4 Å². The lowest BCUT2D eigenvalue weighted by Gasteiger charge is -2.36. The van der Waals surface area contributed by atoms with E-state index < -0.39 is 35.6 Å². The van der Waals surface area contributed by atoms with E-state index in [2.05, 4.69) is 15.6 Å². The van der Waals surface area contributed by atoms with Gasteiger partial charge in [0, 0.05) is 12.7 Å². The van der Waals surface area contributed by atoms with Gasteiger partial charge in [0.1, 0.15) is 17.7 Å². The van der Waals surface area contributed by atoms with Gasteiger partial charge in [0.2, 0.25) is 0 Å². The van der Waals surface area contributed by atoms with E-state index in [1.54, 1.807) is 51.2 Å². The molecule has 4 aromatic rings. The third-order valence-corrected chi connectivity index (χ3v) is 7.27. The molecule has 2 aromatic heterocycles. The van der Waals surface area contributed by atoms with Gasteiger partial charge in [-0.1, -0.05) is 72.0 Å². The van der Waals surface area contributed by atoms with Crippen LogP contribution in [-0.4, -0.2) is 63.6 Å². The second kappa shape index (κ2) is 11.5. The molecule has 40 heavy (non-hydrogen) atoms. The lowest BCUT2D eigenvalue weighted by molar-refractivity contribution is -0.148. The van der Waals surface area contributed by atoms with Crippen molar-refractivity contribution < 1.29 is 23.9 Å². The molecular formula is C29H31N5O5S. The summed E-state index contributed by atoms with van der Waals surface area (Å²) in [5.74, 6) is -0.481. The number of hydrogen-bond acceptors (Lipinski definition) is 7. The van der Waals surface area contributed by atoms with Crippen molar-refractivity contribution in [1.82, 2.24) is 19.6 Å². The summed E-state index contributed by atoms with van der Waals surface area (Å²) in [4.78, 5) is 47.7. The van der Waals surface area contributed by atoms with Crippen LogP contribution in [0.25, 0.3) is 15.4 Å². The third-order valence-electron chi connectivity index (χ3n) is 6.22. The Morgan fingerprint density at radius 3 is 2.42 bits per heavy atom. The standard InChI is InChI=1S/C29H31N5O5S/c1-29(2,3)39-28(37)32-24(20-12-8-5-9-13-20)26(36)34-14-15-38-18-21(34)25(35)30-23-17-33-16-22(40-27(33)31-23)19-10-6-4-7-11-19/h4-13,16-17,21,24H,14-15,18H2,1-3H3,(H,30,35)(H,32,37). The molecule has 2 N–H and O–H groups in total. The average molecular weight is 562 g/mol. The predicted octanol–water partition coefficient (Wildman–Crippen LogP) is 4.49. The van der Waals surface area contributed by atoms with Gasteiger partial charge in [-0.25, -0.2) is 9.78 Å². The quantitative estimate of drug-likeness (QED) is 0.359. The summed E-state index contributed by atoms with van der Waals surface area (Å²) in [7, 11) is 0. The molecule has 2 unspecified atom stereocenters. The van der Waals surface area contributed by atoms with E-state index in [4.69, 9.17) is 9.47 Å². The number of imidazole rings is 1. The summed E-state index contributed by atoms with van der Waals surface area (Å²) in [5.41, 5.74) is 0.924. The van der Waals surface area contributed by atoms with E-state index in [-0.39, 0.29) is 19.8 Å². The van der Waals surface area contributed by atoms with Crippen LogP contribution in [0.5, 0.6) is 0 Å². The van der Waals surface area contributed by atoms with Gasteiger partial charge in [0.25, 0.3) is 11.8 Å². The zero-order valence-corrected chi connectivity index (χ0v) is 23.3. The molecule has 1 saturated heterocycles. The first-order chi connectivity index (χ1) is 19.2. The fraction of sp³-hybridized carbons (Fsp3) is 0.310. The van der Waals surface area contributed by atoms with Crippen molar-refractivity contribution in [2.75, 3.05) is 25.1 Å². The van der Waals surface area contributed by atoms with Gasteiger partial charge in [0.15, 0.2) is 10.8 Å². The van der Waals surface area contributed by atoms with E-state index in [1.807, 2.05) is 47.0 Å². The number of fused-ring (bicyclic) bond motifs is 1. The van der Waals surface area contributed by atoms with Crippen molar-refractivity contribution in [3.63, 3.8) is 0 Å².